The summed E-state index contributed by atoms with van der Waals surface area (Å²) in [6.45, 7) is 3.56. The molecule has 0 saturated carbocycles. The molecule has 0 bridgehead atoms. The lowest BCUT2D eigenvalue weighted by atomic mass is 9.96. The molecule has 2 rings (SSSR count). The van der Waals surface area contributed by atoms with E-state index in [1.54, 1.807) is 26.0 Å². The molecular formula is C14H12N2O4. The molecule has 0 aromatic heterocycles. The Kier molecular flexibility index (Phi) is 3.47. The lowest BCUT2D eigenvalue weighted by molar-refractivity contribution is -0.385. The largest absolute Gasteiger partial charge is 0.269 e. The lowest BCUT2D eigenvalue weighted by Gasteiger charge is -2.09. The zero-order chi connectivity index (χ0) is 14.9. The first kappa shape index (κ1) is 13.7. The van der Waals surface area contributed by atoms with Gasteiger partial charge in [0.1, 0.15) is 0 Å². The number of hydrogen-bond acceptors (Lipinski definition) is 4. The monoisotopic (exact) mass is 272 g/mol. The minimum atomic E-state index is -0.445. The van der Waals surface area contributed by atoms with Gasteiger partial charge in [0.2, 0.25) is 0 Å². The Labute approximate surface area is 115 Å². The number of benzene rings is 2. The van der Waals surface area contributed by atoms with Crippen LogP contribution in [0.5, 0.6) is 0 Å². The zero-order valence-electron chi connectivity index (χ0n) is 11.0. The van der Waals surface area contributed by atoms with Crippen LogP contribution < -0.4 is 0 Å². The Hall–Kier alpha value is -2.76. The summed E-state index contributed by atoms with van der Waals surface area (Å²) in [5, 5.41) is 21.4. The van der Waals surface area contributed by atoms with Crippen molar-refractivity contribution in [2.24, 2.45) is 0 Å². The van der Waals surface area contributed by atoms with Crippen LogP contribution in [0, 0.1) is 34.1 Å². The number of rotatable bonds is 3. The molecule has 0 N–H and O–H groups in total. The second kappa shape index (κ2) is 5.08. The van der Waals surface area contributed by atoms with Crippen LogP contribution in [0.1, 0.15) is 11.1 Å². The van der Waals surface area contributed by atoms with Crippen molar-refractivity contribution in [1.82, 2.24) is 0 Å². The van der Waals surface area contributed by atoms with Crippen LogP contribution in [0.4, 0.5) is 11.4 Å². The van der Waals surface area contributed by atoms with Gasteiger partial charge in [0, 0.05) is 24.3 Å². The van der Waals surface area contributed by atoms with Crippen molar-refractivity contribution in [3.8, 4) is 11.1 Å². The predicted molar refractivity (Wildman–Crippen MR) is 74.7 cm³/mol. The van der Waals surface area contributed by atoms with E-state index in [0.29, 0.717) is 0 Å². The molecule has 0 atom stereocenters. The number of aryl methyl sites for hydroxylation is 2. The SMILES string of the molecule is Cc1cc([N+](=O)[O-])ccc1-c1ccc([N+](=O)[O-])cc1C. The molecule has 2 aromatic rings. The van der Waals surface area contributed by atoms with Gasteiger partial charge in [-0.15, -0.1) is 0 Å². The van der Waals surface area contributed by atoms with Crippen molar-refractivity contribution < 1.29 is 9.85 Å². The molecule has 0 aliphatic heterocycles. The van der Waals surface area contributed by atoms with E-state index in [1.807, 2.05) is 0 Å². The Morgan fingerprint density at radius 2 is 1.10 bits per heavy atom. The number of hydrogen-bond donors (Lipinski definition) is 0. The number of nitro groups is 2. The van der Waals surface area contributed by atoms with E-state index in [9.17, 15) is 20.2 Å². The molecule has 0 unspecified atom stereocenters. The van der Waals surface area contributed by atoms with Gasteiger partial charge < -0.3 is 0 Å². The highest BCUT2D eigenvalue weighted by molar-refractivity contribution is 5.72. The molecule has 0 saturated heterocycles. The van der Waals surface area contributed by atoms with Crippen molar-refractivity contribution in [3.63, 3.8) is 0 Å². The molecule has 0 spiro atoms. The fourth-order valence-electron chi connectivity index (χ4n) is 2.13. The van der Waals surface area contributed by atoms with Crippen LogP contribution in [0.3, 0.4) is 0 Å². The molecule has 0 fully saturated rings. The molecule has 6 nitrogen and oxygen atoms in total. The Morgan fingerprint density at radius 1 is 0.750 bits per heavy atom. The van der Waals surface area contributed by atoms with Gasteiger partial charge in [-0.3, -0.25) is 20.2 Å². The van der Waals surface area contributed by atoms with Crippen molar-refractivity contribution in [2.45, 2.75) is 13.8 Å². The maximum absolute atomic E-state index is 10.7. The van der Waals surface area contributed by atoms with E-state index >= 15 is 0 Å². The summed E-state index contributed by atoms with van der Waals surface area (Å²) in [7, 11) is 0. The standard InChI is InChI=1S/C14H12N2O4/c1-9-7-11(15(17)18)3-5-13(9)14-6-4-12(16(19)20)8-10(14)2/h3-8H,1-2H3. The van der Waals surface area contributed by atoms with Gasteiger partial charge in [-0.05, 0) is 48.2 Å². The van der Waals surface area contributed by atoms with Gasteiger partial charge in [0.05, 0.1) is 9.85 Å². The molecule has 0 aliphatic rings. The van der Waals surface area contributed by atoms with Gasteiger partial charge in [-0.2, -0.15) is 0 Å². The second-order valence-corrected chi connectivity index (χ2v) is 4.51. The quantitative estimate of drug-likeness (QED) is 0.628. The topological polar surface area (TPSA) is 86.3 Å². The van der Waals surface area contributed by atoms with Crippen LogP contribution in [0.15, 0.2) is 36.4 Å². The molecule has 2 aromatic carbocycles. The third kappa shape index (κ3) is 2.49. The van der Waals surface area contributed by atoms with Crippen molar-refractivity contribution in [2.75, 3.05) is 0 Å². The molecular weight excluding hydrogens is 260 g/mol. The summed E-state index contributed by atoms with van der Waals surface area (Å²) in [4.78, 5) is 20.5. The van der Waals surface area contributed by atoms with Crippen LogP contribution in [-0.4, -0.2) is 9.85 Å². The smallest absolute Gasteiger partial charge is 0.258 e. The van der Waals surface area contributed by atoms with Crippen LogP contribution >= 0.6 is 0 Å². The van der Waals surface area contributed by atoms with Crippen LogP contribution in [0.25, 0.3) is 11.1 Å². The summed E-state index contributed by atoms with van der Waals surface area (Å²) in [5.74, 6) is 0. The zero-order valence-corrected chi connectivity index (χ0v) is 11.0. The van der Waals surface area contributed by atoms with Crippen LogP contribution in [-0.2, 0) is 0 Å². The first-order valence-electron chi connectivity index (χ1n) is 5.90. The fraction of sp³-hybridized carbons (Fsp3) is 0.143. The number of nitro benzene ring substituents is 2. The Balaban J connectivity index is 2.52. The minimum Gasteiger partial charge on any atom is -0.258 e. The normalized spacial score (nSPS) is 10.3. The van der Waals surface area contributed by atoms with E-state index in [1.165, 1.54) is 24.3 Å². The van der Waals surface area contributed by atoms with Gasteiger partial charge in [0.25, 0.3) is 11.4 Å². The van der Waals surface area contributed by atoms with Gasteiger partial charge >= 0.3 is 0 Å². The van der Waals surface area contributed by atoms with Gasteiger partial charge in [-0.25, -0.2) is 0 Å². The third-order valence-electron chi connectivity index (χ3n) is 3.13. The summed E-state index contributed by atoms with van der Waals surface area (Å²) in [5.41, 5.74) is 3.26. The fourth-order valence-corrected chi connectivity index (χ4v) is 2.13. The van der Waals surface area contributed by atoms with E-state index < -0.39 is 9.85 Å². The summed E-state index contributed by atoms with van der Waals surface area (Å²) in [6.07, 6.45) is 0. The van der Waals surface area contributed by atoms with Gasteiger partial charge in [0.15, 0.2) is 0 Å². The molecule has 6 heteroatoms. The highest BCUT2D eigenvalue weighted by Gasteiger charge is 2.13. The van der Waals surface area contributed by atoms with E-state index in [-0.39, 0.29) is 11.4 Å². The number of non-ortho nitro benzene ring substituents is 2. The minimum absolute atomic E-state index is 0.0332. The number of nitrogens with zero attached hydrogens (tertiary/aromatic N) is 2. The lowest BCUT2D eigenvalue weighted by Crippen LogP contribution is -1.93. The van der Waals surface area contributed by atoms with Crippen molar-refractivity contribution in [1.29, 1.82) is 0 Å². The maximum atomic E-state index is 10.7. The molecule has 0 heterocycles. The average molecular weight is 272 g/mol. The van der Waals surface area contributed by atoms with Gasteiger partial charge in [-0.1, -0.05) is 0 Å². The van der Waals surface area contributed by atoms with Crippen molar-refractivity contribution >= 4 is 11.4 Å². The molecule has 0 amide bonds. The average Bonchev–Trinajstić information content (AvgIpc) is 2.38. The molecule has 20 heavy (non-hydrogen) atoms. The third-order valence-corrected chi connectivity index (χ3v) is 3.13. The molecule has 0 radical (unpaired) electrons. The molecule has 0 aliphatic carbocycles. The highest BCUT2D eigenvalue weighted by atomic mass is 16.6. The molecule has 102 valence electrons. The van der Waals surface area contributed by atoms with Crippen molar-refractivity contribution in [3.05, 3.63) is 67.8 Å². The Morgan fingerprint density at radius 3 is 1.35 bits per heavy atom. The van der Waals surface area contributed by atoms with E-state index in [0.717, 1.165) is 22.3 Å². The first-order chi connectivity index (χ1) is 9.40. The highest BCUT2D eigenvalue weighted by Crippen LogP contribution is 2.31. The Bertz CT molecular complexity index is 649. The summed E-state index contributed by atoms with van der Waals surface area (Å²) in [6, 6.07) is 9.20. The summed E-state index contributed by atoms with van der Waals surface area (Å²) >= 11 is 0. The maximum Gasteiger partial charge on any atom is 0.269 e. The van der Waals surface area contributed by atoms with E-state index in [2.05, 4.69) is 0 Å². The predicted octanol–water partition coefficient (Wildman–Crippen LogP) is 3.79. The van der Waals surface area contributed by atoms with E-state index in [4.69, 9.17) is 0 Å². The second-order valence-electron chi connectivity index (χ2n) is 4.51. The summed E-state index contributed by atoms with van der Waals surface area (Å²) < 4.78 is 0. The first-order valence-corrected chi connectivity index (χ1v) is 5.90. The van der Waals surface area contributed by atoms with Crippen LogP contribution in [0.2, 0.25) is 0 Å².